The molecule has 0 aliphatic heterocycles. The summed E-state index contributed by atoms with van der Waals surface area (Å²) in [6.45, 7) is 6.38. The number of nitrogens with one attached hydrogen (secondary N) is 1. The smallest absolute Gasteiger partial charge is 0.274 e. The number of aryl methyl sites for hydroxylation is 1. The molecule has 1 aromatic heterocycles. The van der Waals surface area contributed by atoms with E-state index in [9.17, 15) is 9.59 Å². The van der Waals surface area contributed by atoms with Gasteiger partial charge in [-0.1, -0.05) is 62.4 Å². The van der Waals surface area contributed by atoms with Gasteiger partial charge in [-0.05, 0) is 24.5 Å². The molecule has 1 unspecified atom stereocenters. The molecule has 0 saturated heterocycles. The van der Waals surface area contributed by atoms with Gasteiger partial charge >= 0.3 is 0 Å². The van der Waals surface area contributed by atoms with Gasteiger partial charge in [-0.15, -0.1) is 0 Å². The second-order valence-corrected chi connectivity index (χ2v) is 6.62. The second kappa shape index (κ2) is 7.52. The summed E-state index contributed by atoms with van der Waals surface area (Å²) in [4.78, 5) is 25.5. The quantitative estimate of drug-likeness (QED) is 0.766. The Morgan fingerprint density at radius 3 is 2.27 bits per heavy atom. The third-order valence-corrected chi connectivity index (χ3v) is 4.49. The van der Waals surface area contributed by atoms with E-state index in [0.29, 0.717) is 17.3 Å². The maximum atomic E-state index is 13.0. The van der Waals surface area contributed by atoms with E-state index in [2.05, 4.69) is 24.3 Å². The van der Waals surface area contributed by atoms with Crippen LogP contribution in [-0.2, 0) is 6.54 Å². The first-order valence-electron chi connectivity index (χ1n) is 8.88. The van der Waals surface area contributed by atoms with E-state index in [4.69, 9.17) is 0 Å². The van der Waals surface area contributed by atoms with E-state index >= 15 is 0 Å². The normalized spacial score (nSPS) is 12.3. The summed E-state index contributed by atoms with van der Waals surface area (Å²) in [6, 6.07) is 16.9. The van der Waals surface area contributed by atoms with Gasteiger partial charge in [-0.25, -0.2) is 4.68 Å². The van der Waals surface area contributed by atoms with Crippen molar-refractivity contribution in [2.45, 2.75) is 33.4 Å². The van der Waals surface area contributed by atoms with Crippen LogP contribution in [-0.4, -0.2) is 15.7 Å². The summed E-state index contributed by atoms with van der Waals surface area (Å²) in [5, 5.41) is 8.50. The van der Waals surface area contributed by atoms with Crippen LogP contribution in [0.15, 0.2) is 59.4 Å². The summed E-state index contributed by atoms with van der Waals surface area (Å²) in [5.41, 5.74) is 1.15. The van der Waals surface area contributed by atoms with Gasteiger partial charge in [-0.2, -0.15) is 5.10 Å². The SMILES string of the molecule is CCn1nc(C(=O)NC(c2ccccc2)C(C)C)c2ccccc2c1=O. The minimum absolute atomic E-state index is 0.133. The largest absolute Gasteiger partial charge is 0.344 e. The molecule has 1 amide bonds. The number of nitrogens with zero attached hydrogens (tertiary/aromatic N) is 2. The fraction of sp³-hybridized carbons (Fsp3) is 0.286. The van der Waals surface area contributed by atoms with Crippen molar-refractivity contribution in [3.8, 4) is 0 Å². The summed E-state index contributed by atoms with van der Waals surface area (Å²) >= 11 is 0. The van der Waals surface area contributed by atoms with Crippen LogP contribution in [0.2, 0.25) is 0 Å². The van der Waals surface area contributed by atoms with Gasteiger partial charge in [0.2, 0.25) is 0 Å². The molecule has 2 aromatic carbocycles. The number of rotatable bonds is 5. The Morgan fingerprint density at radius 1 is 1.04 bits per heavy atom. The molecule has 0 spiro atoms. The molecule has 0 saturated carbocycles. The van der Waals surface area contributed by atoms with Crippen LogP contribution in [0.5, 0.6) is 0 Å². The molecule has 0 fully saturated rings. The molecular weight excluding hydrogens is 326 g/mol. The highest BCUT2D eigenvalue weighted by Crippen LogP contribution is 2.22. The lowest BCUT2D eigenvalue weighted by molar-refractivity contribution is 0.0920. The molecule has 5 heteroatoms. The van der Waals surface area contributed by atoms with E-state index in [-0.39, 0.29) is 29.1 Å². The standard InChI is InChI=1S/C21H23N3O2/c1-4-24-21(26)17-13-9-8-12-16(17)19(23-24)20(25)22-18(14(2)3)15-10-6-5-7-11-15/h5-14,18H,4H2,1-3H3,(H,22,25). The van der Waals surface area contributed by atoms with Crippen molar-refractivity contribution >= 4 is 16.7 Å². The predicted molar refractivity (Wildman–Crippen MR) is 103 cm³/mol. The monoisotopic (exact) mass is 349 g/mol. The number of amides is 1. The zero-order valence-corrected chi connectivity index (χ0v) is 15.3. The van der Waals surface area contributed by atoms with E-state index in [1.807, 2.05) is 43.3 Å². The van der Waals surface area contributed by atoms with Crippen molar-refractivity contribution in [1.29, 1.82) is 0 Å². The fourth-order valence-electron chi connectivity index (χ4n) is 3.12. The summed E-state index contributed by atoms with van der Waals surface area (Å²) < 4.78 is 1.34. The van der Waals surface area contributed by atoms with E-state index in [1.165, 1.54) is 4.68 Å². The van der Waals surface area contributed by atoms with Crippen LogP contribution < -0.4 is 10.9 Å². The lowest BCUT2D eigenvalue weighted by atomic mass is 9.96. The Labute approximate surface area is 152 Å². The van der Waals surface area contributed by atoms with Crippen molar-refractivity contribution < 1.29 is 4.79 Å². The predicted octanol–water partition coefficient (Wildman–Crippen LogP) is 3.54. The number of carbonyl (C=O) groups excluding carboxylic acids is 1. The first-order chi connectivity index (χ1) is 12.5. The molecule has 5 nitrogen and oxygen atoms in total. The molecule has 134 valence electrons. The average molecular weight is 349 g/mol. The molecule has 0 aliphatic carbocycles. The minimum Gasteiger partial charge on any atom is -0.344 e. The van der Waals surface area contributed by atoms with Crippen molar-refractivity contribution in [2.75, 3.05) is 0 Å². The van der Waals surface area contributed by atoms with Crippen molar-refractivity contribution in [1.82, 2.24) is 15.1 Å². The van der Waals surface area contributed by atoms with Crippen molar-refractivity contribution in [3.63, 3.8) is 0 Å². The molecule has 3 rings (SSSR count). The molecule has 0 radical (unpaired) electrons. The zero-order chi connectivity index (χ0) is 18.7. The van der Waals surface area contributed by atoms with E-state index < -0.39 is 0 Å². The van der Waals surface area contributed by atoms with Crippen LogP contribution >= 0.6 is 0 Å². The highest BCUT2D eigenvalue weighted by Gasteiger charge is 2.22. The van der Waals surface area contributed by atoms with Crippen molar-refractivity contribution in [3.05, 3.63) is 76.2 Å². The Balaban J connectivity index is 2.04. The molecule has 0 bridgehead atoms. The van der Waals surface area contributed by atoms with Gasteiger partial charge in [0.25, 0.3) is 11.5 Å². The number of aromatic nitrogens is 2. The highest BCUT2D eigenvalue weighted by atomic mass is 16.2. The van der Waals surface area contributed by atoms with Crippen molar-refractivity contribution in [2.24, 2.45) is 5.92 Å². The topological polar surface area (TPSA) is 64.0 Å². The molecule has 1 N–H and O–H groups in total. The molecule has 1 heterocycles. The first-order valence-corrected chi connectivity index (χ1v) is 8.88. The number of hydrogen-bond donors (Lipinski definition) is 1. The lowest BCUT2D eigenvalue weighted by Crippen LogP contribution is -2.34. The molecule has 3 aromatic rings. The second-order valence-electron chi connectivity index (χ2n) is 6.62. The van der Waals surface area contributed by atoms with Crippen LogP contribution in [0.4, 0.5) is 0 Å². The van der Waals surface area contributed by atoms with Crippen LogP contribution in [0, 0.1) is 5.92 Å². The Kier molecular flexibility index (Phi) is 5.16. The maximum absolute atomic E-state index is 13.0. The fourth-order valence-corrected chi connectivity index (χ4v) is 3.12. The Bertz CT molecular complexity index is 977. The van der Waals surface area contributed by atoms with Gasteiger partial charge in [0.05, 0.1) is 11.4 Å². The average Bonchev–Trinajstić information content (AvgIpc) is 2.67. The summed E-state index contributed by atoms with van der Waals surface area (Å²) in [5.74, 6) is -0.0596. The number of hydrogen-bond acceptors (Lipinski definition) is 3. The van der Waals surface area contributed by atoms with Gasteiger partial charge in [0.15, 0.2) is 5.69 Å². The first kappa shape index (κ1) is 17.9. The van der Waals surface area contributed by atoms with Gasteiger partial charge in [0.1, 0.15) is 0 Å². The van der Waals surface area contributed by atoms with E-state index in [1.54, 1.807) is 18.2 Å². The molecular formula is C21H23N3O2. The third kappa shape index (κ3) is 3.38. The molecule has 1 atom stereocenters. The minimum atomic E-state index is -0.272. The molecule has 26 heavy (non-hydrogen) atoms. The van der Waals surface area contributed by atoms with Gasteiger partial charge in [-0.3, -0.25) is 9.59 Å². The summed E-state index contributed by atoms with van der Waals surface area (Å²) in [6.07, 6.45) is 0. The number of benzene rings is 2. The zero-order valence-electron chi connectivity index (χ0n) is 15.3. The highest BCUT2D eigenvalue weighted by molar-refractivity contribution is 6.04. The molecule has 0 aliphatic rings. The summed E-state index contributed by atoms with van der Waals surface area (Å²) in [7, 11) is 0. The van der Waals surface area contributed by atoms with E-state index in [0.717, 1.165) is 5.56 Å². The van der Waals surface area contributed by atoms with Crippen LogP contribution in [0.1, 0.15) is 42.9 Å². The Morgan fingerprint density at radius 2 is 1.65 bits per heavy atom. The van der Waals surface area contributed by atoms with Crippen LogP contribution in [0.3, 0.4) is 0 Å². The third-order valence-electron chi connectivity index (χ3n) is 4.49. The number of carbonyl (C=O) groups is 1. The van der Waals surface area contributed by atoms with Crippen LogP contribution in [0.25, 0.3) is 10.8 Å². The van der Waals surface area contributed by atoms with Gasteiger partial charge < -0.3 is 5.32 Å². The Hall–Kier alpha value is -2.95. The van der Waals surface area contributed by atoms with Gasteiger partial charge in [0, 0.05) is 11.9 Å². The number of fused-ring (bicyclic) bond motifs is 1. The lowest BCUT2D eigenvalue weighted by Gasteiger charge is -2.23. The maximum Gasteiger partial charge on any atom is 0.274 e.